The van der Waals surface area contributed by atoms with Crippen molar-refractivity contribution in [1.82, 2.24) is 10.0 Å². The zero-order valence-corrected chi connectivity index (χ0v) is 14.0. The number of hydrogen-bond acceptors (Lipinski definition) is 3. The minimum Gasteiger partial charge on any atom is -0.313 e. The molecule has 0 heterocycles. The highest BCUT2D eigenvalue weighted by Gasteiger charge is 2.40. The van der Waals surface area contributed by atoms with Gasteiger partial charge in [-0.3, -0.25) is 0 Å². The fraction of sp³-hybridized carbons (Fsp3) is 0.625. The standard InChI is InChI=1S/C16H26N2O2S/c1-4-11-17-12-13-5-9-15(10-6-13)21(19,20)18-16(2,3)14-7-8-14/h5-6,9-10,14,17-18H,4,7-8,11-12H2,1-3H3. The maximum absolute atomic E-state index is 12.4. The summed E-state index contributed by atoms with van der Waals surface area (Å²) in [5.41, 5.74) is 0.740. The Kier molecular flexibility index (Phi) is 5.07. The Balaban J connectivity index is 2.02. The van der Waals surface area contributed by atoms with Gasteiger partial charge in [0.2, 0.25) is 10.0 Å². The molecule has 0 radical (unpaired) electrons. The van der Waals surface area contributed by atoms with E-state index in [2.05, 4.69) is 17.0 Å². The third-order valence-corrected chi connectivity index (χ3v) is 5.67. The summed E-state index contributed by atoms with van der Waals surface area (Å²) in [5.74, 6) is 0.463. The molecule has 1 fully saturated rings. The molecule has 0 unspecified atom stereocenters. The second-order valence-corrected chi connectivity index (χ2v) is 8.10. The Hall–Kier alpha value is -0.910. The molecule has 5 heteroatoms. The first kappa shape index (κ1) is 16.5. The lowest BCUT2D eigenvalue weighted by atomic mass is 10.0. The highest BCUT2D eigenvalue weighted by molar-refractivity contribution is 7.89. The molecule has 0 aliphatic heterocycles. The van der Waals surface area contributed by atoms with Gasteiger partial charge in [0.05, 0.1) is 4.90 Å². The van der Waals surface area contributed by atoms with Crippen molar-refractivity contribution in [3.05, 3.63) is 29.8 Å². The van der Waals surface area contributed by atoms with Crippen LogP contribution in [0, 0.1) is 5.92 Å². The third kappa shape index (κ3) is 4.53. The van der Waals surface area contributed by atoms with Crippen LogP contribution in [-0.4, -0.2) is 20.5 Å². The molecule has 21 heavy (non-hydrogen) atoms. The second kappa shape index (κ2) is 6.46. The molecule has 4 nitrogen and oxygen atoms in total. The molecule has 0 atom stereocenters. The second-order valence-electron chi connectivity index (χ2n) is 6.42. The summed E-state index contributed by atoms with van der Waals surface area (Å²) < 4.78 is 27.7. The average molecular weight is 310 g/mol. The first-order valence-electron chi connectivity index (χ1n) is 7.69. The lowest BCUT2D eigenvalue weighted by Gasteiger charge is -2.25. The first-order chi connectivity index (χ1) is 9.85. The molecule has 0 saturated heterocycles. The molecule has 1 saturated carbocycles. The lowest BCUT2D eigenvalue weighted by Crippen LogP contribution is -2.45. The van der Waals surface area contributed by atoms with Crippen LogP contribution in [0.1, 0.15) is 45.6 Å². The average Bonchev–Trinajstić information content (AvgIpc) is 3.23. The van der Waals surface area contributed by atoms with E-state index in [0.717, 1.165) is 37.9 Å². The van der Waals surface area contributed by atoms with E-state index >= 15 is 0 Å². The molecule has 118 valence electrons. The molecule has 2 N–H and O–H groups in total. The smallest absolute Gasteiger partial charge is 0.241 e. The predicted molar refractivity (Wildman–Crippen MR) is 85.6 cm³/mol. The van der Waals surface area contributed by atoms with Gasteiger partial charge in [-0.2, -0.15) is 0 Å². The van der Waals surface area contributed by atoms with Gasteiger partial charge in [-0.05, 0) is 63.3 Å². The quantitative estimate of drug-likeness (QED) is 0.726. The van der Waals surface area contributed by atoms with Crippen LogP contribution in [0.3, 0.4) is 0 Å². The molecule has 0 bridgehead atoms. The zero-order chi connectivity index (χ0) is 15.5. The van der Waals surface area contributed by atoms with Crippen molar-refractivity contribution >= 4 is 10.0 Å². The Bertz CT molecular complexity index is 560. The third-order valence-electron chi connectivity index (χ3n) is 3.98. The van der Waals surface area contributed by atoms with Gasteiger partial charge in [0.15, 0.2) is 0 Å². The minimum absolute atomic E-state index is 0.343. The van der Waals surface area contributed by atoms with Gasteiger partial charge in [-0.1, -0.05) is 19.1 Å². The van der Waals surface area contributed by atoms with Crippen molar-refractivity contribution in [3.8, 4) is 0 Å². The summed E-state index contributed by atoms with van der Waals surface area (Å²) in [6, 6.07) is 7.13. The van der Waals surface area contributed by atoms with Crippen LogP contribution < -0.4 is 10.0 Å². The van der Waals surface area contributed by atoms with Gasteiger partial charge >= 0.3 is 0 Å². The van der Waals surface area contributed by atoms with E-state index in [1.807, 2.05) is 26.0 Å². The lowest BCUT2D eigenvalue weighted by molar-refractivity contribution is 0.400. The molecular weight excluding hydrogens is 284 g/mol. The van der Waals surface area contributed by atoms with Gasteiger partial charge in [0.25, 0.3) is 0 Å². The molecule has 1 aromatic rings. The van der Waals surface area contributed by atoms with E-state index in [1.54, 1.807) is 12.1 Å². The number of sulfonamides is 1. The van der Waals surface area contributed by atoms with E-state index in [9.17, 15) is 8.42 Å². The van der Waals surface area contributed by atoms with Crippen molar-refractivity contribution in [2.75, 3.05) is 6.54 Å². The molecule has 2 rings (SSSR count). The van der Waals surface area contributed by atoms with Crippen molar-refractivity contribution in [2.24, 2.45) is 5.92 Å². The van der Waals surface area contributed by atoms with E-state index in [-0.39, 0.29) is 5.54 Å². The molecule has 1 aliphatic rings. The van der Waals surface area contributed by atoms with Crippen molar-refractivity contribution in [2.45, 2.75) is 57.0 Å². The van der Waals surface area contributed by atoms with Gasteiger partial charge in [-0.25, -0.2) is 13.1 Å². The summed E-state index contributed by atoms with van der Waals surface area (Å²) in [6.45, 7) is 7.79. The maximum Gasteiger partial charge on any atom is 0.241 e. The Morgan fingerprint density at radius 1 is 1.19 bits per heavy atom. The van der Waals surface area contributed by atoms with Gasteiger partial charge < -0.3 is 5.32 Å². The number of nitrogens with one attached hydrogen (secondary N) is 2. The Morgan fingerprint density at radius 2 is 1.81 bits per heavy atom. The highest BCUT2D eigenvalue weighted by Crippen LogP contribution is 2.39. The van der Waals surface area contributed by atoms with Crippen molar-refractivity contribution in [1.29, 1.82) is 0 Å². The van der Waals surface area contributed by atoms with Crippen molar-refractivity contribution < 1.29 is 8.42 Å². The van der Waals surface area contributed by atoms with E-state index in [0.29, 0.717) is 10.8 Å². The van der Waals surface area contributed by atoms with E-state index < -0.39 is 10.0 Å². The largest absolute Gasteiger partial charge is 0.313 e. The minimum atomic E-state index is -3.44. The Labute approximate surface area is 128 Å². The Morgan fingerprint density at radius 3 is 2.33 bits per heavy atom. The number of hydrogen-bond donors (Lipinski definition) is 2. The van der Waals surface area contributed by atoms with Crippen LogP contribution in [0.2, 0.25) is 0 Å². The summed E-state index contributed by atoms with van der Waals surface area (Å²) in [5, 5.41) is 3.31. The first-order valence-corrected chi connectivity index (χ1v) is 9.17. The number of rotatable bonds is 8. The predicted octanol–water partition coefficient (Wildman–Crippen LogP) is 2.65. The van der Waals surface area contributed by atoms with Crippen LogP contribution >= 0.6 is 0 Å². The molecule has 0 amide bonds. The van der Waals surface area contributed by atoms with Crippen LogP contribution in [-0.2, 0) is 16.6 Å². The van der Waals surface area contributed by atoms with E-state index in [1.165, 1.54) is 0 Å². The van der Waals surface area contributed by atoms with Crippen LogP contribution in [0.15, 0.2) is 29.2 Å². The molecular formula is C16H26N2O2S. The van der Waals surface area contributed by atoms with Crippen LogP contribution in [0.4, 0.5) is 0 Å². The monoisotopic (exact) mass is 310 g/mol. The van der Waals surface area contributed by atoms with Crippen LogP contribution in [0.25, 0.3) is 0 Å². The summed E-state index contributed by atoms with van der Waals surface area (Å²) in [4.78, 5) is 0.343. The van der Waals surface area contributed by atoms with Gasteiger partial charge in [0.1, 0.15) is 0 Å². The summed E-state index contributed by atoms with van der Waals surface area (Å²) in [7, 11) is -3.44. The molecule has 0 aromatic heterocycles. The normalized spacial score (nSPS) is 16.1. The SMILES string of the molecule is CCCNCc1ccc(S(=O)(=O)NC(C)(C)C2CC2)cc1. The van der Waals surface area contributed by atoms with Crippen molar-refractivity contribution in [3.63, 3.8) is 0 Å². The highest BCUT2D eigenvalue weighted by atomic mass is 32.2. The van der Waals surface area contributed by atoms with Gasteiger partial charge in [-0.15, -0.1) is 0 Å². The van der Waals surface area contributed by atoms with Crippen LogP contribution in [0.5, 0.6) is 0 Å². The molecule has 1 aromatic carbocycles. The summed E-state index contributed by atoms with van der Waals surface area (Å²) >= 11 is 0. The topological polar surface area (TPSA) is 58.2 Å². The van der Waals surface area contributed by atoms with E-state index in [4.69, 9.17) is 0 Å². The maximum atomic E-state index is 12.4. The molecule has 0 spiro atoms. The zero-order valence-electron chi connectivity index (χ0n) is 13.1. The fourth-order valence-electron chi connectivity index (χ4n) is 2.49. The summed E-state index contributed by atoms with van der Waals surface area (Å²) in [6.07, 6.45) is 3.31. The number of benzene rings is 1. The molecule has 1 aliphatic carbocycles. The fourth-order valence-corrected chi connectivity index (χ4v) is 3.96. The van der Waals surface area contributed by atoms with Gasteiger partial charge in [0, 0.05) is 12.1 Å².